The molecule has 1 aliphatic heterocycles. The summed E-state index contributed by atoms with van der Waals surface area (Å²) in [6, 6.07) is 6.73. The van der Waals surface area contributed by atoms with Gasteiger partial charge in [0.15, 0.2) is 11.9 Å². The first-order chi connectivity index (χ1) is 10.5. The molecule has 1 fully saturated rings. The van der Waals surface area contributed by atoms with E-state index in [1.165, 1.54) is 11.8 Å². The summed E-state index contributed by atoms with van der Waals surface area (Å²) in [7, 11) is 0. The van der Waals surface area contributed by atoms with E-state index in [1.54, 1.807) is 24.3 Å². The highest BCUT2D eigenvalue weighted by atomic mass is 16.6. The van der Waals surface area contributed by atoms with Crippen LogP contribution in [0, 0.1) is 0 Å². The molecule has 1 heterocycles. The van der Waals surface area contributed by atoms with Crippen LogP contribution in [-0.2, 0) is 14.3 Å². The van der Waals surface area contributed by atoms with Crippen LogP contribution < -0.4 is 4.90 Å². The highest BCUT2D eigenvalue weighted by Crippen LogP contribution is 2.22. The number of hydrogen-bond acceptors (Lipinski definition) is 5. The maximum atomic E-state index is 11.9. The lowest BCUT2D eigenvalue weighted by Gasteiger charge is -2.13. The van der Waals surface area contributed by atoms with Gasteiger partial charge in [-0.15, -0.1) is 0 Å². The van der Waals surface area contributed by atoms with E-state index in [1.807, 2.05) is 6.92 Å². The van der Waals surface area contributed by atoms with Gasteiger partial charge >= 0.3 is 12.1 Å². The number of rotatable bonds is 6. The summed E-state index contributed by atoms with van der Waals surface area (Å²) in [5, 5.41) is 0. The lowest BCUT2D eigenvalue weighted by molar-refractivity contribution is -0.146. The molecule has 0 radical (unpaired) electrons. The van der Waals surface area contributed by atoms with Crippen LogP contribution in [0.3, 0.4) is 0 Å². The Morgan fingerprint density at radius 1 is 1.32 bits per heavy atom. The number of carbonyl (C=O) groups is 3. The number of Topliss-reactive ketones (excluding diaryl/α,β-unsaturated/α-hetero) is 1. The van der Waals surface area contributed by atoms with E-state index in [2.05, 4.69) is 0 Å². The average molecular weight is 305 g/mol. The van der Waals surface area contributed by atoms with E-state index in [0.29, 0.717) is 24.2 Å². The van der Waals surface area contributed by atoms with Gasteiger partial charge in [-0.05, 0) is 37.6 Å². The highest BCUT2D eigenvalue weighted by Gasteiger charge is 2.33. The van der Waals surface area contributed by atoms with Crippen LogP contribution in [0.25, 0.3) is 0 Å². The molecular formula is C16H19NO5. The van der Waals surface area contributed by atoms with E-state index in [4.69, 9.17) is 9.47 Å². The predicted octanol–water partition coefficient (Wildman–Crippen LogP) is 2.56. The maximum absolute atomic E-state index is 11.9. The van der Waals surface area contributed by atoms with Gasteiger partial charge in [-0.2, -0.15) is 0 Å². The summed E-state index contributed by atoms with van der Waals surface area (Å²) in [6.45, 7) is 3.76. The first-order valence-corrected chi connectivity index (χ1v) is 7.26. The average Bonchev–Trinajstić information content (AvgIpc) is 2.86. The van der Waals surface area contributed by atoms with Crippen LogP contribution in [0.15, 0.2) is 24.3 Å². The molecule has 22 heavy (non-hydrogen) atoms. The minimum atomic E-state index is -0.480. The molecule has 6 nitrogen and oxygen atoms in total. The lowest BCUT2D eigenvalue weighted by Crippen LogP contribution is -2.26. The van der Waals surface area contributed by atoms with Crippen molar-refractivity contribution in [2.24, 2.45) is 0 Å². The number of cyclic esters (lactones) is 1. The summed E-state index contributed by atoms with van der Waals surface area (Å²) in [5.41, 5.74) is 1.23. The molecule has 1 atom stereocenters. The molecule has 0 aliphatic carbocycles. The van der Waals surface area contributed by atoms with Crippen molar-refractivity contribution < 1.29 is 23.9 Å². The SMILES string of the molecule is CCCC(=O)OCC1CN(c2ccc(C(C)=O)cc2)C(=O)O1. The number of ether oxygens (including phenoxy) is 2. The van der Waals surface area contributed by atoms with Crippen molar-refractivity contribution in [3.8, 4) is 0 Å². The number of amides is 1. The summed E-state index contributed by atoms with van der Waals surface area (Å²) >= 11 is 0. The van der Waals surface area contributed by atoms with Gasteiger partial charge in [-0.25, -0.2) is 4.79 Å². The summed E-state index contributed by atoms with van der Waals surface area (Å²) in [5.74, 6) is -0.320. The zero-order valence-corrected chi connectivity index (χ0v) is 12.7. The number of benzene rings is 1. The standard InChI is InChI=1S/C16H19NO5/c1-3-4-15(19)21-10-14-9-17(16(20)22-14)13-7-5-12(6-8-13)11(2)18/h5-8,14H,3-4,9-10H2,1-2H3. The largest absolute Gasteiger partial charge is 0.462 e. The topological polar surface area (TPSA) is 72.9 Å². The Morgan fingerprint density at radius 3 is 2.59 bits per heavy atom. The molecule has 1 aliphatic rings. The van der Waals surface area contributed by atoms with Crippen molar-refractivity contribution in [3.63, 3.8) is 0 Å². The van der Waals surface area contributed by atoms with Crippen LogP contribution in [0.4, 0.5) is 10.5 Å². The van der Waals surface area contributed by atoms with Gasteiger partial charge in [0.25, 0.3) is 0 Å². The quantitative estimate of drug-likeness (QED) is 0.596. The van der Waals surface area contributed by atoms with Crippen LogP contribution >= 0.6 is 0 Å². The molecule has 6 heteroatoms. The molecule has 1 amide bonds. The minimum absolute atomic E-state index is 0.0312. The van der Waals surface area contributed by atoms with Crippen LogP contribution in [-0.4, -0.2) is 37.1 Å². The van der Waals surface area contributed by atoms with Gasteiger partial charge < -0.3 is 9.47 Å². The Balaban J connectivity index is 1.94. The second-order valence-electron chi connectivity index (χ2n) is 5.15. The first-order valence-electron chi connectivity index (χ1n) is 7.26. The third-order valence-electron chi connectivity index (χ3n) is 3.34. The molecule has 118 valence electrons. The zero-order valence-electron chi connectivity index (χ0n) is 12.7. The van der Waals surface area contributed by atoms with Gasteiger partial charge in [-0.3, -0.25) is 14.5 Å². The molecular weight excluding hydrogens is 286 g/mol. The van der Waals surface area contributed by atoms with Gasteiger partial charge in [0.05, 0.1) is 6.54 Å². The Morgan fingerprint density at radius 2 is 2.00 bits per heavy atom. The van der Waals surface area contributed by atoms with Crippen LogP contribution in [0.1, 0.15) is 37.0 Å². The van der Waals surface area contributed by atoms with Gasteiger partial charge in [0.1, 0.15) is 6.61 Å². The predicted molar refractivity (Wildman–Crippen MR) is 79.9 cm³/mol. The van der Waals surface area contributed by atoms with E-state index >= 15 is 0 Å². The molecule has 0 aromatic heterocycles. The van der Waals surface area contributed by atoms with Crippen LogP contribution in [0.2, 0.25) is 0 Å². The number of esters is 1. The molecule has 2 rings (SSSR count). The number of hydrogen-bond donors (Lipinski definition) is 0. The van der Waals surface area contributed by atoms with E-state index in [9.17, 15) is 14.4 Å². The van der Waals surface area contributed by atoms with Gasteiger partial charge in [0, 0.05) is 17.7 Å². The van der Waals surface area contributed by atoms with Crippen molar-refractivity contribution in [1.29, 1.82) is 0 Å². The van der Waals surface area contributed by atoms with E-state index in [-0.39, 0.29) is 18.4 Å². The molecule has 1 aromatic carbocycles. The minimum Gasteiger partial charge on any atom is -0.462 e. The zero-order chi connectivity index (χ0) is 16.1. The number of anilines is 1. The third-order valence-corrected chi connectivity index (χ3v) is 3.34. The first kappa shape index (κ1) is 16.0. The lowest BCUT2D eigenvalue weighted by atomic mass is 10.1. The second-order valence-corrected chi connectivity index (χ2v) is 5.15. The summed E-state index contributed by atoms with van der Waals surface area (Å²) < 4.78 is 10.2. The number of nitrogens with zero attached hydrogens (tertiary/aromatic N) is 1. The number of ketones is 1. The fourth-order valence-corrected chi connectivity index (χ4v) is 2.16. The Hall–Kier alpha value is -2.37. The fourth-order valence-electron chi connectivity index (χ4n) is 2.16. The summed E-state index contributed by atoms with van der Waals surface area (Å²) in [6.07, 6.45) is 0.127. The Bertz CT molecular complexity index is 566. The molecule has 1 saturated heterocycles. The fraction of sp³-hybridized carbons (Fsp3) is 0.438. The normalized spacial score (nSPS) is 17.3. The van der Waals surface area contributed by atoms with Crippen molar-refractivity contribution >= 4 is 23.5 Å². The van der Waals surface area contributed by atoms with Crippen molar-refractivity contribution in [2.45, 2.75) is 32.8 Å². The molecule has 0 bridgehead atoms. The van der Waals surface area contributed by atoms with E-state index in [0.717, 1.165) is 6.42 Å². The van der Waals surface area contributed by atoms with Crippen LogP contribution in [0.5, 0.6) is 0 Å². The molecule has 1 unspecified atom stereocenters. The second kappa shape index (κ2) is 7.06. The van der Waals surface area contributed by atoms with Gasteiger partial charge in [-0.1, -0.05) is 6.92 Å². The van der Waals surface area contributed by atoms with Crippen molar-refractivity contribution in [3.05, 3.63) is 29.8 Å². The molecule has 1 aromatic rings. The summed E-state index contributed by atoms with van der Waals surface area (Å²) in [4.78, 5) is 35.9. The number of carbonyl (C=O) groups excluding carboxylic acids is 3. The van der Waals surface area contributed by atoms with E-state index < -0.39 is 12.2 Å². The molecule has 0 saturated carbocycles. The smallest absolute Gasteiger partial charge is 0.414 e. The molecule has 0 N–H and O–H groups in total. The van der Waals surface area contributed by atoms with Crippen molar-refractivity contribution in [1.82, 2.24) is 0 Å². The van der Waals surface area contributed by atoms with Crippen molar-refractivity contribution in [2.75, 3.05) is 18.1 Å². The Kier molecular flexibility index (Phi) is 5.14. The third kappa shape index (κ3) is 3.84. The molecule has 0 spiro atoms. The maximum Gasteiger partial charge on any atom is 0.414 e. The Labute approximate surface area is 129 Å². The highest BCUT2D eigenvalue weighted by molar-refractivity contribution is 5.95. The van der Waals surface area contributed by atoms with Gasteiger partial charge in [0.2, 0.25) is 0 Å². The monoisotopic (exact) mass is 305 g/mol.